The molecule has 0 aliphatic rings. The number of aliphatic hydroxyl groups is 1. The largest absolute Gasteiger partial charge is 0.491 e. The van der Waals surface area contributed by atoms with Gasteiger partial charge in [-0.05, 0) is 31.2 Å². The Labute approximate surface area is 113 Å². The first-order valence-electron chi connectivity index (χ1n) is 6.12. The molecule has 5 nitrogen and oxygen atoms in total. The summed E-state index contributed by atoms with van der Waals surface area (Å²) in [7, 11) is 1.60. The Bertz CT molecular complexity index is 363. The number of aldehydes is 1. The van der Waals surface area contributed by atoms with Gasteiger partial charge < -0.3 is 19.3 Å². The molecule has 0 aliphatic heterocycles. The number of carbonyl (C=O) groups is 1. The fourth-order valence-electron chi connectivity index (χ4n) is 1.44. The van der Waals surface area contributed by atoms with Crippen molar-refractivity contribution in [3.8, 4) is 5.75 Å². The van der Waals surface area contributed by atoms with E-state index in [4.69, 9.17) is 14.2 Å². The van der Waals surface area contributed by atoms with Gasteiger partial charge in [-0.25, -0.2) is 0 Å². The van der Waals surface area contributed by atoms with Crippen LogP contribution in [0, 0.1) is 0 Å². The van der Waals surface area contributed by atoms with Crippen LogP contribution in [0.1, 0.15) is 17.3 Å². The van der Waals surface area contributed by atoms with Crippen molar-refractivity contribution in [1.29, 1.82) is 0 Å². The Morgan fingerprint density at radius 3 is 2.47 bits per heavy atom. The zero-order chi connectivity index (χ0) is 14.1. The van der Waals surface area contributed by atoms with E-state index in [-0.39, 0.29) is 19.3 Å². The summed E-state index contributed by atoms with van der Waals surface area (Å²) < 4.78 is 15.7. The number of aliphatic hydroxyl groups excluding tert-OH is 1. The maximum Gasteiger partial charge on any atom is 0.150 e. The van der Waals surface area contributed by atoms with E-state index in [1.54, 1.807) is 31.4 Å². The van der Waals surface area contributed by atoms with Gasteiger partial charge in [-0.2, -0.15) is 0 Å². The van der Waals surface area contributed by atoms with Gasteiger partial charge in [0.1, 0.15) is 24.7 Å². The first-order chi connectivity index (χ1) is 9.15. The minimum atomic E-state index is -0.704. The van der Waals surface area contributed by atoms with Gasteiger partial charge in [-0.15, -0.1) is 0 Å². The summed E-state index contributed by atoms with van der Waals surface area (Å²) in [5.41, 5.74) is 0.588. The van der Waals surface area contributed by atoms with Crippen molar-refractivity contribution in [2.24, 2.45) is 0 Å². The second-order valence-electron chi connectivity index (χ2n) is 4.25. The zero-order valence-electron chi connectivity index (χ0n) is 11.2. The van der Waals surface area contributed by atoms with E-state index in [9.17, 15) is 9.90 Å². The minimum absolute atomic E-state index is 0.0634. The van der Waals surface area contributed by atoms with Gasteiger partial charge in [0.2, 0.25) is 0 Å². The second-order valence-corrected chi connectivity index (χ2v) is 4.25. The van der Waals surface area contributed by atoms with Crippen LogP contribution in [0.25, 0.3) is 0 Å². The Kier molecular flexibility index (Phi) is 7.10. The van der Waals surface area contributed by atoms with Gasteiger partial charge in [0.25, 0.3) is 0 Å². The molecule has 2 unspecified atom stereocenters. The predicted molar refractivity (Wildman–Crippen MR) is 70.6 cm³/mol. The SMILES string of the molecule is COCC(C)OCC(O)COc1ccc(C=O)cc1. The number of benzene rings is 1. The lowest BCUT2D eigenvalue weighted by Gasteiger charge is -2.16. The molecule has 0 radical (unpaired) electrons. The predicted octanol–water partition coefficient (Wildman–Crippen LogP) is 1.29. The molecule has 0 amide bonds. The number of hydrogen-bond acceptors (Lipinski definition) is 5. The van der Waals surface area contributed by atoms with Crippen LogP contribution in [-0.4, -0.2) is 50.5 Å². The molecule has 1 aromatic carbocycles. The van der Waals surface area contributed by atoms with Crippen molar-refractivity contribution >= 4 is 6.29 Å². The van der Waals surface area contributed by atoms with Crippen molar-refractivity contribution in [3.63, 3.8) is 0 Å². The van der Waals surface area contributed by atoms with Gasteiger partial charge in [0.05, 0.1) is 19.3 Å². The minimum Gasteiger partial charge on any atom is -0.491 e. The highest BCUT2D eigenvalue weighted by atomic mass is 16.5. The molecule has 0 saturated heterocycles. The molecule has 2 atom stereocenters. The van der Waals surface area contributed by atoms with Crippen LogP contribution in [-0.2, 0) is 9.47 Å². The van der Waals surface area contributed by atoms with Crippen LogP contribution in [0.5, 0.6) is 5.75 Å². The molecule has 5 heteroatoms. The molecule has 1 rings (SSSR count). The molecule has 1 aromatic rings. The molecule has 0 bridgehead atoms. The van der Waals surface area contributed by atoms with Crippen molar-refractivity contribution in [1.82, 2.24) is 0 Å². The third-order valence-electron chi connectivity index (χ3n) is 2.43. The zero-order valence-corrected chi connectivity index (χ0v) is 11.2. The van der Waals surface area contributed by atoms with Crippen LogP contribution in [0.2, 0.25) is 0 Å². The molecule has 1 N–H and O–H groups in total. The van der Waals surface area contributed by atoms with E-state index >= 15 is 0 Å². The Balaban J connectivity index is 2.25. The van der Waals surface area contributed by atoms with Crippen LogP contribution in [0.15, 0.2) is 24.3 Å². The van der Waals surface area contributed by atoms with E-state index < -0.39 is 6.10 Å². The van der Waals surface area contributed by atoms with Crippen molar-refractivity contribution in [2.75, 3.05) is 26.9 Å². The third-order valence-corrected chi connectivity index (χ3v) is 2.43. The average Bonchev–Trinajstić information content (AvgIpc) is 2.44. The number of methoxy groups -OCH3 is 1. The molecule has 0 aromatic heterocycles. The fourth-order valence-corrected chi connectivity index (χ4v) is 1.44. The van der Waals surface area contributed by atoms with Crippen molar-refractivity contribution < 1.29 is 24.1 Å². The van der Waals surface area contributed by atoms with E-state index in [1.807, 2.05) is 6.92 Å². The molecule has 0 saturated carbocycles. The molecular weight excluding hydrogens is 248 g/mol. The van der Waals surface area contributed by atoms with Gasteiger partial charge >= 0.3 is 0 Å². The highest BCUT2D eigenvalue weighted by Crippen LogP contribution is 2.11. The molecular formula is C14H20O5. The number of ether oxygens (including phenoxy) is 3. The summed E-state index contributed by atoms with van der Waals surface area (Å²) in [4.78, 5) is 10.5. The van der Waals surface area contributed by atoms with Crippen molar-refractivity contribution in [3.05, 3.63) is 29.8 Å². The number of hydrogen-bond donors (Lipinski definition) is 1. The van der Waals surface area contributed by atoms with Crippen LogP contribution >= 0.6 is 0 Å². The molecule has 0 aliphatic carbocycles. The van der Waals surface area contributed by atoms with Crippen LogP contribution in [0.3, 0.4) is 0 Å². The standard InChI is InChI=1S/C14H20O5/c1-11(8-17-2)18-9-13(16)10-19-14-5-3-12(7-15)4-6-14/h3-7,11,13,16H,8-10H2,1-2H3. The first kappa shape index (κ1) is 15.6. The number of rotatable bonds is 9. The summed E-state index contributed by atoms with van der Waals surface area (Å²) in [6.07, 6.45) is 0.000460. The second kappa shape index (κ2) is 8.63. The fraction of sp³-hybridized carbons (Fsp3) is 0.500. The summed E-state index contributed by atoms with van der Waals surface area (Å²) >= 11 is 0. The lowest BCUT2D eigenvalue weighted by atomic mass is 10.2. The highest BCUT2D eigenvalue weighted by Gasteiger charge is 2.09. The summed E-state index contributed by atoms with van der Waals surface area (Å²) in [5.74, 6) is 0.606. The third kappa shape index (κ3) is 6.33. The van der Waals surface area contributed by atoms with E-state index in [1.165, 1.54) is 0 Å². The Morgan fingerprint density at radius 2 is 1.89 bits per heavy atom. The van der Waals surface area contributed by atoms with Gasteiger partial charge in [-0.3, -0.25) is 4.79 Å². The lowest BCUT2D eigenvalue weighted by Crippen LogP contribution is -2.27. The monoisotopic (exact) mass is 268 g/mol. The Morgan fingerprint density at radius 1 is 1.21 bits per heavy atom. The van der Waals surface area contributed by atoms with Crippen molar-refractivity contribution in [2.45, 2.75) is 19.1 Å². The summed E-state index contributed by atoms with van der Waals surface area (Å²) in [6.45, 7) is 2.69. The smallest absolute Gasteiger partial charge is 0.150 e. The summed E-state index contributed by atoms with van der Waals surface area (Å²) in [6, 6.07) is 6.69. The molecule has 0 heterocycles. The lowest BCUT2D eigenvalue weighted by molar-refractivity contribution is -0.0423. The van der Waals surface area contributed by atoms with E-state index in [2.05, 4.69) is 0 Å². The molecule has 106 valence electrons. The quantitative estimate of drug-likeness (QED) is 0.684. The van der Waals surface area contributed by atoms with Crippen LogP contribution < -0.4 is 4.74 Å². The molecule has 19 heavy (non-hydrogen) atoms. The first-order valence-corrected chi connectivity index (χ1v) is 6.12. The average molecular weight is 268 g/mol. The number of carbonyl (C=O) groups excluding carboxylic acids is 1. The van der Waals surface area contributed by atoms with Gasteiger partial charge in [0.15, 0.2) is 0 Å². The summed E-state index contributed by atoms with van der Waals surface area (Å²) in [5, 5.41) is 9.68. The van der Waals surface area contributed by atoms with Gasteiger partial charge in [-0.1, -0.05) is 0 Å². The van der Waals surface area contributed by atoms with E-state index in [0.717, 1.165) is 6.29 Å². The maximum atomic E-state index is 10.5. The Hall–Kier alpha value is -1.43. The van der Waals surface area contributed by atoms with E-state index in [0.29, 0.717) is 17.9 Å². The topological polar surface area (TPSA) is 65.0 Å². The highest BCUT2D eigenvalue weighted by molar-refractivity contribution is 5.74. The normalized spacial score (nSPS) is 13.8. The van der Waals surface area contributed by atoms with Gasteiger partial charge in [0, 0.05) is 12.7 Å². The van der Waals surface area contributed by atoms with Crippen LogP contribution in [0.4, 0.5) is 0 Å². The molecule has 0 spiro atoms. The molecule has 0 fully saturated rings. The maximum absolute atomic E-state index is 10.5.